The largest absolute Gasteiger partial charge is 0.378 e. The average Bonchev–Trinajstić information content (AvgIpc) is 3.33. The lowest BCUT2D eigenvalue weighted by atomic mass is 9.60. The SMILES string of the molecule is CCO[C@@H]1C[C@@H](NC(=O)N2CCC[C@H]2c2cc(C)on2)C12CCCC2. The molecule has 0 unspecified atom stereocenters. The highest BCUT2D eigenvalue weighted by molar-refractivity contribution is 5.75. The highest BCUT2D eigenvalue weighted by atomic mass is 16.5. The van der Waals surface area contributed by atoms with Crippen LogP contribution in [0.3, 0.4) is 0 Å². The van der Waals surface area contributed by atoms with E-state index in [1.807, 2.05) is 17.9 Å². The summed E-state index contributed by atoms with van der Waals surface area (Å²) in [6.07, 6.45) is 8.08. The molecule has 3 atom stereocenters. The standard InChI is InChI=1S/C19H29N3O3/c1-3-24-17-12-16(19(17)8-4-5-9-19)20-18(23)22-10-6-7-15(22)14-11-13(2)25-21-14/h11,15-17H,3-10,12H2,1-2H3,(H,20,23)/t15-,16+,17+/m0/s1. The number of rotatable bonds is 4. The molecule has 3 fully saturated rings. The number of aryl methyl sites for hydroxylation is 1. The molecular weight excluding hydrogens is 318 g/mol. The van der Waals surface area contributed by atoms with E-state index in [0.29, 0.717) is 6.10 Å². The van der Waals surface area contributed by atoms with Crippen molar-refractivity contribution < 1.29 is 14.1 Å². The number of aromatic nitrogens is 1. The molecule has 0 bridgehead atoms. The van der Waals surface area contributed by atoms with Crippen molar-refractivity contribution in [3.63, 3.8) is 0 Å². The number of hydrogen-bond donors (Lipinski definition) is 1. The lowest BCUT2D eigenvalue weighted by Gasteiger charge is -2.54. The second kappa shape index (κ2) is 6.63. The number of nitrogens with zero attached hydrogens (tertiary/aromatic N) is 2. The van der Waals surface area contributed by atoms with Crippen LogP contribution in [0.4, 0.5) is 4.79 Å². The Morgan fingerprint density at radius 2 is 2.24 bits per heavy atom. The summed E-state index contributed by atoms with van der Waals surface area (Å²) in [6.45, 7) is 5.50. The lowest BCUT2D eigenvalue weighted by Crippen LogP contribution is -2.65. The maximum atomic E-state index is 13.0. The molecule has 3 aliphatic rings. The summed E-state index contributed by atoms with van der Waals surface area (Å²) in [7, 11) is 0. The van der Waals surface area contributed by atoms with E-state index in [4.69, 9.17) is 9.26 Å². The van der Waals surface area contributed by atoms with Crippen molar-refractivity contribution in [2.75, 3.05) is 13.2 Å². The fourth-order valence-corrected chi connectivity index (χ4v) is 5.18. The molecule has 2 amide bonds. The van der Waals surface area contributed by atoms with Gasteiger partial charge >= 0.3 is 6.03 Å². The van der Waals surface area contributed by atoms with Crippen molar-refractivity contribution >= 4 is 6.03 Å². The van der Waals surface area contributed by atoms with Gasteiger partial charge in [0.1, 0.15) is 11.5 Å². The third-order valence-electron chi connectivity index (χ3n) is 6.49. The number of nitrogens with one attached hydrogen (secondary N) is 1. The maximum Gasteiger partial charge on any atom is 0.318 e. The molecule has 1 aliphatic heterocycles. The van der Waals surface area contributed by atoms with Crippen molar-refractivity contribution in [3.8, 4) is 0 Å². The first kappa shape index (κ1) is 16.9. The number of amides is 2. The van der Waals surface area contributed by atoms with Crippen LogP contribution in [0.5, 0.6) is 0 Å². The van der Waals surface area contributed by atoms with E-state index in [2.05, 4.69) is 17.4 Å². The van der Waals surface area contributed by atoms with Gasteiger partial charge in [0.2, 0.25) is 0 Å². The summed E-state index contributed by atoms with van der Waals surface area (Å²) in [5, 5.41) is 7.47. The van der Waals surface area contributed by atoms with Gasteiger partial charge in [-0.1, -0.05) is 18.0 Å². The number of hydrogen-bond acceptors (Lipinski definition) is 4. The number of carbonyl (C=O) groups excluding carboxylic acids is 1. The normalized spacial score (nSPS) is 30.6. The van der Waals surface area contributed by atoms with Crippen molar-refractivity contribution in [1.29, 1.82) is 0 Å². The second-order valence-corrected chi connectivity index (χ2v) is 7.84. The Labute approximate surface area is 149 Å². The van der Waals surface area contributed by atoms with Crippen LogP contribution in [0.1, 0.15) is 69.4 Å². The van der Waals surface area contributed by atoms with E-state index in [-0.39, 0.29) is 23.5 Å². The Balaban J connectivity index is 1.43. The van der Waals surface area contributed by atoms with Crippen molar-refractivity contribution in [2.45, 2.75) is 77.0 Å². The Kier molecular flexibility index (Phi) is 4.48. The molecule has 1 aromatic rings. The Morgan fingerprint density at radius 3 is 2.92 bits per heavy atom. The van der Waals surface area contributed by atoms with E-state index in [1.54, 1.807) is 0 Å². The number of likely N-dealkylation sites (tertiary alicyclic amines) is 1. The Hall–Kier alpha value is -1.56. The van der Waals surface area contributed by atoms with E-state index >= 15 is 0 Å². The zero-order chi connectivity index (χ0) is 17.4. The van der Waals surface area contributed by atoms with Gasteiger partial charge < -0.3 is 19.5 Å². The molecule has 2 saturated carbocycles. The van der Waals surface area contributed by atoms with Crippen LogP contribution in [0, 0.1) is 12.3 Å². The molecule has 1 spiro atoms. The third kappa shape index (κ3) is 2.84. The van der Waals surface area contributed by atoms with Crippen LogP contribution in [0.25, 0.3) is 0 Å². The molecule has 2 aliphatic carbocycles. The summed E-state index contributed by atoms with van der Waals surface area (Å²) in [5.74, 6) is 0.797. The lowest BCUT2D eigenvalue weighted by molar-refractivity contribution is -0.127. The molecule has 138 valence electrons. The van der Waals surface area contributed by atoms with Crippen LogP contribution < -0.4 is 5.32 Å². The summed E-state index contributed by atoms with van der Waals surface area (Å²) >= 11 is 0. The molecule has 2 heterocycles. The van der Waals surface area contributed by atoms with E-state index < -0.39 is 0 Å². The first-order valence-electron chi connectivity index (χ1n) is 9.76. The molecule has 0 radical (unpaired) electrons. The number of ether oxygens (including phenoxy) is 1. The van der Waals surface area contributed by atoms with Crippen LogP contribution in [-0.4, -0.2) is 41.4 Å². The molecule has 1 saturated heterocycles. The zero-order valence-corrected chi connectivity index (χ0v) is 15.3. The molecule has 1 N–H and O–H groups in total. The van der Waals surface area contributed by atoms with Crippen LogP contribution in [-0.2, 0) is 4.74 Å². The highest BCUT2D eigenvalue weighted by Gasteiger charge is 2.57. The predicted octanol–water partition coefficient (Wildman–Crippen LogP) is 3.57. The van der Waals surface area contributed by atoms with Gasteiger partial charge in [-0.3, -0.25) is 0 Å². The molecule has 6 nitrogen and oxygen atoms in total. The summed E-state index contributed by atoms with van der Waals surface area (Å²) in [6, 6.07) is 2.29. The third-order valence-corrected chi connectivity index (χ3v) is 6.49. The van der Waals surface area contributed by atoms with Gasteiger partial charge in [0.25, 0.3) is 0 Å². The van der Waals surface area contributed by atoms with Gasteiger partial charge in [-0.15, -0.1) is 0 Å². The smallest absolute Gasteiger partial charge is 0.318 e. The molecule has 1 aromatic heterocycles. The highest BCUT2D eigenvalue weighted by Crippen LogP contribution is 2.54. The topological polar surface area (TPSA) is 67.6 Å². The average molecular weight is 347 g/mol. The number of carbonyl (C=O) groups is 1. The van der Waals surface area contributed by atoms with Crippen LogP contribution in [0.2, 0.25) is 0 Å². The van der Waals surface area contributed by atoms with Gasteiger partial charge in [0, 0.05) is 30.7 Å². The first-order valence-corrected chi connectivity index (χ1v) is 9.76. The minimum atomic E-state index is 0.0414. The molecule has 0 aromatic carbocycles. The van der Waals surface area contributed by atoms with Gasteiger partial charge in [0.05, 0.1) is 12.1 Å². The molecule has 4 rings (SSSR count). The zero-order valence-electron chi connectivity index (χ0n) is 15.3. The van der Waals surface area contributed by atoms with Gasteiger partial charge in [-0.2, -0.15) is 0 Å². The van der Waals surface area contributed by atoms with Gasteiger partial charge in [0.15, 0.2) is 0 Å². The predicted molar refractivity (Wildman–Crippen MR) is 93.2 cm³/mol. The molecule has 6 heteroatoms. The van der Waals surface area contributed by atoms with E-state index in [0.717, 1.165) is 43.9 Å². The fraction of sp³-hybridized carbons (Fsp3) is 0.789. The summed E-state index contributed by atoms with van der Waals surface area (Å²) in [4.78, 5) is 14.9. The van der Waals surface area contributed by atoms with E-state index in [1.165, 1.54) is 25.7 Å². The monoisotopic (exact) mass is 347 g/mol. The maximum absolute atomic E-state index is 13.0. The summed E-state index contributed by atoms with van der Waals surface area (Å²) < 4.78 is 11.2. The number of urea groups is 1. The minimum absolute atomic E-state index is 0.0414. The Morgan fingerprint density at radius 1 is 1.44 bits per heavy atom. The van der Waals surface area contributed by atoms with Gasteiger partial charge in [-0.25, -0.2) is 4.79 Å². The first-order chi connectivity index (χ1) is 12.1. The van der Waals surface area contributed by atoms with Crippen molar-refractivity contribution in [2.24, 2.45) is 5.41 Å². The van der Waals surface area contributed by atoms with Crippen LogP contribution in [0.15, 0.2) is 10.6 Å². The van der Waals surface area contributed by atoms with Crippen molar-refractivity contribution in [1.82, 2.24) is 15.4 Å². The van der Waals surface area contributed by atoms with E-state index in [9.17, 15) is 4.79 Å². The Bertz CT molecular complexity index is 623. The van der Waals surface area contributed by atoms with Gasteiger partial charge in [-0.05, 0) is 46.0 Å². The quantitative estimate of drug-likeness (QED) is 0.904. The fourth-order valence-electron chi connectivity index (χ4n) is 5.18. The summed E-state index contributed by atoms with van der Waals surface area (Å²) in [5.41, 5.74) is 1.05. The van der Waals surface area contributed by atoms with Crippen LogP contribution >= 0.6 is 0 Å². The molecule has 25 heavy (non-hydrogen) atoms. The second-order valence-electron chi connectivity index (χ2n) is 7.84. The van der Waals surface area contributed by atoms with Crippen molar-refractivity contribution in [3.05, 3.63) is 17.5 Å². The minimum Gasteiger partial charge on any atom is -0.378 e. The molecular formula is C19H29N3O3.